The van der Waals surface area contributed by atoms with Gasteiger partial charge in [-0.3, -0.25) is 9.48 Å². The Morgan fingerprint density at radius 1 is 1.24 bits per heavy atom. The Kier molecular flexibility index (Phi) is 4.92. The maximum Gasteiger partial charge on any atom is 0.265 e. The maximum absolute atomic E-state index is 12.0. The van der Waals surface area contributed by atoms with Crippen molar-refractivity contribution in [1.82, 2.24) is 25.3 Å². The maximum atomic E-state index is 12.0. The SMILES string of the molecule is Cc1cc(-c2nnc(CCC(=O)NCc3ccccc3C)o2)n(C)n1. The van der Waals surface area contributed by atoms with Crippen molar-refractivity contribution in [2.45, 2.75) is 33.2 Å². The molecule has 25 heavy (non-hydrogen) atoms. The third-order valence-corrected chi connectivity index (χ3v) is 3.99. The number of aromatic nitrogens is 4. The molecule has 1 amide bonds. The zero-order chi connectivity index (χ0) is 17.8. The second-order valence-electron chi connectivity index (χ2n) is 6.00. The molecule has 0 unspecified atom stereocenters. The lowest BCUT2D eigenvalue weighted by atomic mass is 10.1. The molecule has 0 aliphatic rings. The predicted octanol–water partition coefficient (Wildman–Crippen LogP) is 2.34. The molecule has 3 aromatic rings. The van der Waals surface area contributed by atoms with Crippen LogP contribution >= 0.6 is 0 Å². The Hall–Kier alpha value is -2.96. The van der Waals surface area contributed by atoms with Crippen LogP contribution in [0.4, 0.5) is 0 Å². The van der Waals surface area contributed by atoms with Crippen LogP contribution in [-0.2, 0) is 24.8 Å². The molecule has 7 heteroatoms. The van der Waals surface area contributed by atoms with Gasteiger partial charge in [-0.1, -0.05) is 24.3 Å². The van der Waals surface area contributed by atoms with Gasteiger partial charge in [-0.05, 0) is 31.0 Å². The molecular weight excluding hydrogens is 318 g/mol. The quantitative estimate of drug-likeness (QED) is 0.745. The summed E-state index contributed by atoms with van der Waals surface area (Å²) in [7, 11) is 1.82. The number of hydrogen-bond donors (Lipinski definition) is 1. The molecule has 0 spiro atoms. The lowest BCUT2D eigenvalue weighted by molar-refractivity contribution is -0.121. The highest BCUT2D eigenvalue weighted by atomic mass is 16.4. The van der Waals surface area contributed by atoms with E-state index in [0.29, 0.717) is 31.2 Å². The van der Waals surface area contributed by atoms with Gasteiger partial charge in [0.2, 0.25) is 11.8 Å². The number of carbonyl (C=O) groups excluding carboxylic acids is 1. The molecule has 1 N–H and O–H groups in total. The third kappa shape index (κ3) is 4.12. The van der Waals surface area contributed by atoms with Crippen molar-refractivity contribution in [2.24, 2.45) is 7.05 Å². The van der Waals surface area contributed by atoms with Crippen molar-refractivity contribution in [3.63, 3.8) is 0 Å². The largest absolute Gasteiger partial charge is 0.419 e. The average Bonchev–Trinajstić information content (AvgIpc) is 3.18. The first-order valence-electron chi connectivity index (χ1n) is 8.17. The molecule has 0 fully saturated rings. The smallest absolute Gasteiger partial charge is 0.265 e. The average molecular weight is 339 g/mol. The predicted molar refractivity (Wildman–Crippen MR) is 92.6 cm³/mol. The van der Waals surface area contributed by atoms with Crippen LogP contribution in [0.5, 0.6) is 0 Å². The summed E-state index contributed by atoms with van der Waals surface area (Å²) in [6, 6.07) is 9.87. The summed E-state index contributed by atoms with van der Waals surface area (Å²) in [6.07, 6.45) is 0.710. The van der Waals surface area contributed by atoms with E-state index in [9.17, 15) is 4.79 Å². The summed E-state index contributed by atoms with van der Waals surface area (Å²) in [5, 5.41) is 15.2. The molecule has 0 aliphatic carbocycles. The van der Waals surface area contributed by atoms with E-state index in [4.69, 9.17) is 4.42 Å². The summed E-state index contributed by atoms with van der Waals surface area (Å²) < 4.78 is 7.33. The highest BCUT2D eigenvalue weighted by Gasteiger charge is 2.14. The van der Waals surface area contributed by atoms with Crippen LogP contribution in [0.3, 0.4) is 0 Å². The number of carbonyl (C=O) groups is 1. The van der Waals surface area contributed by atoms with E-state index in [2.05, 4.69) is 20.6 Å². The molecule has 2 heterocycles. The number of nitrogens with zero attached hydrogens (tertiary/aromatic N) is 4. The van der Waals surface area contributed by atoms with E-state index in [1.165, 1.54) is 0 Å². The number of aryl methyl sites for hydroxylation is 4. The van der Waals surface area contributed by atoms with Gasteiger partial charge in [0.05, 0.1) is 5.69 Å². The van der Waals surface area contributed by atoms with E-state index >= 15 is 0 Å². The van der Waals surface area contributed by atoms with Gasteiger partial charge in [0.25, 0.3) is 5.89 Å². The van der Waals surface area contributed by atoms with Crippen molar-refractivity contribution in [2.75, 3.05) is 0 Å². The Balaban J connectivity index is 1.53. The molecule has 2 aromatic heterocycles. The van der Waals surface area contributed by atoms with E-state index in [1.807, 2.05) is 51.2 Å². The molecule has 7 nitrogen and oxygen atoms in total. The van der Waals surface area contributed by atoms with E-state index in [1.54, 1.807) is 4.68 Å². The Bertz CT molecular complexity index is 881. The zero-order valence-electron chi connectivity index (χ0n) is 14.6. The lowest BCUT2D eigenvalue weighted by Crippen LogP contribution is -2.23. The normalized spacial score (nSPS) is 10.8. The van der Waals surface area contributed by atoms with Gasteiger partial charge in [0.1, 0.15) is 5.69 Å². The van der Waals surface area contributed by atoms with Gasteiger partial charge >= 0.3 is 0 Å². The van der Waals surface area contributed by atoms with Gasteiger partial charge in [-0.2, -0.15) is 5.10 Å². The minimum Gasteiger partial charge on any atom is -0.419 e. The molecule has 130 valence electrons. The van der Waals surface area contributed by atoms with Crippen LogP contribution in [0, 0.1) is 13.8 Å². The monoisotopic (exact) mass is 339 g/mol. The van der Waals surface area contributed by atoms with Gasteiger partial charge in [0, 0.05) is 26.4 Å². The van der Waals surface area contributed by atoms with Crippen LogP contribution in [0.2, 0.25) is 0 Å². The standard InChI is InChI=1S/C18H21N5O2/c1-12-6-4-5-7-14(12)11-19-16(24)8-9-17-20-21-18(25-17)15-10-13(2)22-23(15)3/h4-7,10H,8-9,11H2,1-3H3,(H,19,24). The van der Waals surface area contributed by atoms with E-state index < -0.39 is 0 Å². The van der Waals surface area contributed by atoms with Crippen LogP contribution in [0.15, 0.2) is 34.7 Å². The first-order valence-corrected chi connectivity index (χ1v) is 8.17. The fourth-order valence-electron chi connectivity index (χ4n) is 2.58. The molecule has 0 atom stereocenters. The van der Waals surface area contributed by atoms with Gasteiger partial charge < -0.3 is 9.73 Å². The number of nitrogens with one attached hydrogen (secondary N) is 1. The van der Waals surface area contributed by atoms with Crippen molar-refractivity contribution in [1.29, 1.82) is 0 Å². The molecule has 0 bridgehead atoms. The Morgan fingerprint density at radius 2 is 2.04 bits per heavy atom. The van der Waals surface area contributed by atoms with Crippen LogP contribution in [-0.4, -0.2) is 25.9 Å². The topological polar surface area (TPSA) is 85.8 Å². The van der Waals surface area contributed by atoms with E-state index in [-0.39, 0.29) is 5.91 Å². The van der Waals surface area contributed by atoms with Crippen molar-refractivity contribution < 1.29 is 9.21 Å². The molecule has 0 saturated heterocycles. The fourth-order valence-corrected chi connectivity index (χ4v) is 2.58. The molecule has 0 radical (unpaired) electrons. The third-order valence-electron chi connectivity index (χ3n) is 3.99. The highest BCUT2D eigenvalue weighted by Crippen LogP contribution is 2.18. The second kappa shape index (κ2) is 7.29. The Morgan fingerprint density at radius 3 is 2.76 bits per heavy atom. The zero-order valence-corrected chi connectivity index (χ0v) is 14.6. The second-order valence-corrected chi connectivity index (χ2v) is 6.00. The molecule has 0 aliphatic heterocycles. The molecule has 1 aromatic carbocycles. The summed E-state index contributed by atoms with van der Waals surface area (Å²) in [5.74, 6) is 0.817. The Labute approximate surface area is 146 Å². The van der Waals surface area contributed by atoms with Gasteiger partial charge in [-0.15, -0.1) is 10.2 Å². The van der Waals surface area contributed by atoms with Crippen molar-refractivity contribution in [3.05, 3.63) is 53.0 Å². The van der Waals surface area contributed by atoms with Gasteiger partial charge in [-0.25, -0.2) is 0 Å². The van der Waals surface area contributed by atoms with Crippen molar-refractivity contribution in [3.8, 4) is 11.6 Å². The molecule has 0 saturated carbocycles. The van der Waals surface area contributed by atoms with Crippen LogP contribution in [0.1, 0.15) is 29.1 Å². The highest BCUT2D eigenvalue weighted by molar-refractivity contribution is 5.76. The van der Waals surface area contributed by atoms with Crippen LogP contribution < -0.4 is 5.32 Å². The van der Waals surface area contributed by atoms with E-state index in [0.717, 1.165) is 22.5 Å². The first-order chi connectivity index (χ1) is 12.0. The molecule has 3 rings (SSSR count). The fraction of sp³-hybridized carbons (Fsp3) is 0.333. The summed E-state index contributed by atoms with van der Waals surface area (Å²) in [4.78, 5) is 12.0. The summed E-state index contributed by atoms with van der Waals surface area (Å²) in [6.45, 7) is 4.45. The van der Waals surface area contributed by atoms with Gasteiger partial charge in [0.15, 0.2) is 0 Å². The van der Waals surface area contributed by atoms with Crippen LogP contribution in [0.25, 0.3) is 11.6 Å². The summed E-state index contributed by atoms with van der Waals surface area (Å²) in [5.41, 5.74) is 3.92. The number of benzene rings is 1. The number of rotatable bonds is 6. The molecular formula is C18H21N5O2. The first kappa shape index (κ1) is 16.9. The number of amides is 1. The minimum absolute atomic E-state index is 0.0422. The summed E-state index contributed by atoms with van der Waals surface area (Å²) >= 11 is 0. The lowest BCUT2D eigenvalue weighted by Gasteiger charge is -2.07. The number of hydrogen-bond acceptors (Lipinski definition) is 5. The van der Waals surface area contributed by atoms with Crippen molar-refractivity contribution >= 4 is 5.91 Å². The minimum atomic E-state index is -0.0422.